The van der Waals surface area contributed by atoms with E-state index in [1.807, 2.05) is 26.1 Å². The molecule has 2 aromatic rings. The van der Waals surface area contributed by atoms with Crippen molar-refractivity contribution in [3.63, 3.8) is 0 Å². The van der Waals surface area contributed by atoms with E-state index in [4.69, 9.17) is 0 Å². The number of aromatic nitrogens is 1. The summed E-state index contributed by atoms with van der Waals surface area (Å²) >= 11 is 0. The van der Waals surface area contributed by atoms with Crippen molar-refractivity contribution in [1.82, 2.24) is 10.3 Å². The van der Waals surface area contributed by atoms with Gasteiger partial charge in [0.05, 0.1) is 0 Å². The molecule has 2 nitrogen and oxygen atoms in total. The minimum absolute atomic E-state index is 0.258. The largest absolute Gasteiger partial charge is 0.316 e. The van der Waals surface area contributed by atoms with E-state index < -0.39 is 0 Å². The minimum Gasteiger partial charge on any atom is -0.316 e. The van der Waals surface area contributed by atoms with Crippen molar-refractivity contribution in [3.05, 3.63) is 41.3 Å². The molecule has 0 saturated carbocycles. The molecular weight excluding hydrogens is 191 g/mol. The summed E-state index contributed by atoms with van der Waals surface area (Å²) in [5.74, 6) is -0.258. The molecule has 0 aliphatic heterocycles. The molecule has 1 aromatic heterocycles. The van der Waals surface area contributed by atoms with Gasteiger partial charge in [0.15, 0.2) is 0 Å². The molecule has 1 aromatic carbocycles. The summed E-state index contributed by atoms with van der Waals surface area (Å²) in [5, 5.41) is 3.92. The van der Waals surface area contributed by atoms with E-state index in [2.05, 4.69) is 10.3 Å². The molecule has 0 spiro atoms. The number of hydrogen-bond acceptors (Lipinski definition) is 2. The van der Waals surface area contributed by atoms with Crippen molar-refractivity contribution < 1.29 is 4.39 Å². The van der Waals surface area contributed by atoms with Crippen LogP contribution in [-0.2, 0) is 6.54 Å². The molecule has 0 aliphatic rings. The lowest BCUT2D eigenvalue weighted by molar-refractivity contribution is 0.636. The molecular formula is C12H13FN2. The topological polar surface area (TPSA) is 24.9 Å². The van der Waals surface area contributed by atoms with E-state index in [-0.39, 0.29) is 5.82 Å². The average molecular weight is 204 g/mol. The minimum atomic E-state index is -0.258. The number of nitrogens with zero attached hydrogens (tertiary/aromatic N) is 1. The van der Waals surface area contributed by atoms with Gasteiger partial charge < -0.3 is 5.32 Å². The van der Waals surface area contributed by atoms with Crippen LogP contribution in [0.4, 0.5) is 4.39 Å². The number of pyridine rings is 1. The molecule has 0 bridgehead atoms. The van der Waals surface area contributed by atoms with Crippen LogP contribution in [0.15, 0.2) is 24.3 Å². The van der Waals surface area contributed by atoms with E-state index in [1.165, 1.54) is 6.07 Å². The van der Waals surface area contributed by atoms with E-state index in [9.17, 15) is 4.39 Å². The van der Waals surface area contributed by atoms with Crippen LogP contribution in [-0.4, -0.2) is 12.0 Å². The van der Waals surface area contributed by atoms with E-state index >= 15 is 0 Å². The molecule has 0 aliphatic carbocycles. The zero-order chi connectivity index (χ0) is 10.8. The van der Waals surface area contributed by atoms with Crippen LogP contribution in [0.25, 0.3) is 10.9 Å². The van der Waals surface area contributed by atoms with E-state index in [0.717, 1.165) is 23.2 Å². The number of benzene rings is 1. The lowest BCUT2D eigenvalue weighted by Crippen LogP contribution is -2.07. The van der Waals surface area contributed by atoms with Crippen LogP contribution in [0.3, 0.4) is 0 Å². The summed E-state index contributed by atoms with van der Waals surface area (Å²) in [6, 6.07) is 7.01. The third-order valence-electron chi connectivity index (χ3n) is 2.46. The Bertz CT molecular complexity index is 494. The van der Waals surface area contributed by atoms with Crippen LogP contribution < -0.4 is 5.32 Å². The second kappa shape index (κ2) is 3.95. The molecule has 78 valence electrons. The van der Waals surface area contributed by atoms with Crippen LogP contribution in [0.5, 0.6) is 0 Å². The highest BCUT2D eigenvalue weighted by atomic mass is 19.1. The average Bonchev–Trinajstić information content (AvgIpc) is 2.21. The second-order valence-corrected chi connectivity index (χ2v) is 3.57. The van der Waals surface area contributed by atoms with Crippen molar-refractivity contribution in [2.75, 3.05) is 7.05 Å². The molecule has 0 radical (unpaired) electrons. The molecule has 15 heavy (non-hydrogen) atoms. The fourth-order valence-electron chi connectivity index (χ4n) is 1.67. The Balaban J connectivity index is 2.65. The molecule has 0 amide bonds. The molecule has 1 heterocycles. The lowest BCUT2D eigenvalue weighted by atomic mass is 10.1. The third-order valence-corrected chi connectivity index (χ3v) is 2.46. The first kappa shape index (κ1) is 10.1. The predicted molar refractivity (Wildman–Crippen MR) is 59.2 cm³/mol. The Morgan fingerprint density at radius 1 is 1.40 bits per heavy atom. The maximum atomic E-state index is 13.4. The fraction of sp³-hybridized carbons (Fsp3) is 0.250. The van der Waals surface area contributed by atoms with Crippen LogP contribution in [0.2, 0.25) is 0 Å². The number of aryl methyl sites for hydroxylation is 1. The third kappa shape index (κ3) is 1.83. The molecule has 0 atom stereocenters. The summed E-state index contributed by atoms with van der Waals surface area (Å²) in [6.45, 7) is 2.66. The number of rotatable bonds is 2. The summed E-state index contributed by atoms with van der Waals surface area (Å²) in [5.41, 5.74) is 2.44. The zero-order valence-corrected chi connectivity index (χ0v) is 8.84. The monoisotopic (exact) mass is 204 g/mol. The van der Waals surface area contributed by atoms with Crippen molar-refractivity contribution in [2.45, 2.75) is 13.5 Å². The standard InChI is InChI=1S/C12H13FN2/c1-8-10(7-14-2)6-9-4-3-5-11(13)12(9)15-8/h3-6,14H,7H2,1-2H3. The van der Waals surface area contributed by atoms with E-state index in [1.54, 1.807) is 6.07 Å². The fourth-order valence-corrected chi connectivity index (χ4v) is 1.67. The van der Waals surface area contributed by atoms with Gasteiger partial charge in [0.2, 0.25) is 0 Å². The van der Waals surface area contributed by atoms with E-state index in [0.29, 0.717) is 5.52 Å². The van der Waals surface area contributed by atoms with Crippen molar-refractivity contribution in [1.29, 1.82) is 0 Å². The highest BCUT2D eigenvalue weighted by molar-refractivity contribution is 5.80. The maximum Gasteiger partial charge on any atom is 0.149 e. The quantitative estimate of drug-likeness (QED) is 0.812. The number of halogens is 1. The Hall–Kier alpha value is -1.48. The Labute approximate surface area is 88.1 Å². The van der Waals surface area contributed by atoms with Gasteiger partial charge in [-0.3, -0.25) is 0 Å². The Morgan fingerprint density at radius 3 is 2.93 bits per heavy atom. The van der Waals surface area contributed by atoms with Gasteiger partial charge in [0.1, 0.15) is 11.3 Å². The van der Waals surface area contributed by atoms with Gasteiger partial charge in [-0.05, 0) is 31.7 Å². The molecule has 1 N–H and O–H groups in total. The normalized spacial score (nSPS) is 10.9. The van der Waals surface area contributed by atoms with Gasteiger partial charge >= 0.3 is 0 Å². The number of hydrogen-bond donors (Lipinski definition) is 1. The first-order chi connectivity index (χ1) is 7.22. The lowest BCUT2D eigenvalue weighted by Gasteiger charge is -2.07. The highest BCUT2D eigenvalue weighted by Gasteiger charge is 2.05. The number of para-hydroxylation sites is 1. The Kier molecular flexibility index (Phi) is 2.64. The smallest absolute Gasteiger partial charge is 0.149 e. The summed E-state index contributed by atoms with van der Waals surface area (Å²) < 4.78 is 13.4. The molecule has 2 rings (SSSR count). The van der Waals surface area contributed by atoms with Gasteiger partial charge in [-0.2, -0.15) is 0 Å². The molecule has 0 fully saturated rings. The van der Waals surface area contributed by atoms with Gasteiger partial charge in [0.25, 0.3) is 0 Å². The van der Waals surface area contributed by atoms with Crippen molar-refractivity contribution in [3.8, 4) is 0 Å². The van der Waals surface area contributed by atoms with Gasteiger partial charge in [0, 0.05) is 17.6 Å². The number of nitrogens with one attached hydrogen (secondary N) is 1. The first-order valence-electron chi connectivity index (χ1n) is 4.91. The van der Waals surface area contributed by atoms with Crippen LogP contribution >= 0.6 is 0 Å². The predicted octanol–water partition coefficient (Wildman–Crippen LogP) is 2.40. The van der Waals surface area contributed by atoms with Gasteiger partial charge in [-0.15, -0.1) is 0 Å². The zero-order valence-electron chi connectivity index (χ0n) is 8.84. The SMILES string of the molecule is CNCc1cc2cccc(F)c2nc1C. The molecule has 0 unspecified atom stereocenters. The summed E-state index contributed by atoms with van der Waals surface area (Å²) in [6.07, 6.45) is 0. The van der Waals surface area contributed by atoms with Crippen molar-refractivity contribution in [2.24, 2.45) is 0 Å². The van der Waals surface area contributed by atoms with Crippen molar-refractivity contribution >= 4 is 10.9 Å². The second-order valence-electron chi connectivity index (χ2n) is 3.57. The maximum absolute atomic E-state index is 13.4. The van der Waals surface area contributed by atoms with Crippen LogP contribution in [0, 0.1) is 12.7 Å². The first-order valence-corrected chi connectivity index (χ1v) is 4.91. The highest BCUT2D eigenvalue weighted by Crippen LogP contribution is 2.18. The number of fused-ring (bicyclic) bond motifs is 1. The van der Waals surface area contributed by atoms with Gasteiger partial charge in [-0.1, -0.05) is 12.1 Å². The van der Waals surface area contributed by atoms with Crippen LogP contribution in [0.1, 0.15) is 11.3 Å². The molecule has 3 heteroatoms. The molecule has 0 saturated heterocycles. The Morgan fingerprint density at radius 2 is 2.20 bits per heavy atom. The summed E-state index contributed by atoms with van der Waals surface area (Å²) in [4.78, 5) is 4.28. The summed E-state index contributed by atoms with van der Waals surface area (Å²) in [7, 11) is 1.88. The van der Waals surface area contributed by atoms with Gasteiger partial charge in [-0.25, -0.2) is 9.37 Å².